The standard InChI is InChI=1S/2C24H21O.C2H6Si.2ClH.Zr/c2*1-15-11-23(25-16(15)2)20-13-19-12-18-9-6-10-21(18)24(22(19)14-20)17-7-4-3-5-8-17;1-3-2;;;/h2*3-5,7-8,11-14H,6,9-10H2,1-2H3;1-2H3;2*1H;/q2*-1;;;;+4/p-2. The molecule has 0 fully saturated rings. The number of hydrogen-bond donors (Lipinski definition) is 0. The van der Waals surface area contributed by atoms with E-state index in [-0.39, 0.29) is 0 Å². The van der Waals surface area contributed by atoms with Gasteiger partial charge in [-0.2, -0.15) is 0 Å². The summed E-state index contributed by atoms with van der Waals surface area (Å²) in [5.41, 5.74) is 16.5. The van der Waals surface area contributed by atoms with E-state index in [4.69, 9.17) is 25.9 Å². The van der Waals surface area contributed by atoms with Gasteiger partial charge in [-0.05, 0) is 112 Å². The van der Waals surface area contributed by atoms with Gasteiger partial charge in [0, 0.05) is 9.52 Å². The van der Waals surface area contributed by atoms with Crippen molar-refractivity contribution < 1.29 is 29.7 Å². The van der Waals surface area contributed by atoms with E-state index in [1.165, 1.54) is 116 Å². The Kier molecular flexibility index (Phi) is 13.2. The Morgan fingerprint density at radius 3 is 1.27 bits per heavy atom. The summed E-state index contributed by atoms with van der Waals surface area (Å²) in [5, 5.41) is 5.38. The Hall–Kier alpha value is -3.66. The summed E-state index contributed by atoms with van der Waals surface area (Å²) >= 11 is -0.826. The van der Waals surface area contributed by atoms with Crippen molar-refractivity contribution in [2.24, 2.45) is 0 Å². The molecule has 2 heterocycles. The molecule has 2 aromatic heterocycles. The maximum atomic E-state index is 5.98. The van der Waals surface area contributed by atoms with Crippen molar-refractivity contribution in [2.45, 2.75) is 79.3 Å². The topological polar surface area (TPSA) is 26.3 Å². The van der Waals surface area contributed by atoms with Crippen LogP contribution in [0.1, 0.15) is 57.7 Å². The van der Waals surface area contributed by atoms with E-state index < -0.39 is 20.8 Å². The Morgan fingerprint density at radius 1 is 0.554 bits per heavy atom. The summed E-state index contributed by atoms with van der Waals surface area (Å²) in [4.78, 5) is 0. The molecular formula is C50H48Cl2O2SiZr. The molecule has 10 rings (SSSR count). The van der Waals surface area contributed by atoms with E-state index in [1.807, 2.05) is 13.8 Å². The number of benzene rings is 4. The predicted octanol–water partition coefficient (Wildman–Crippen LogP) is 15.3. The van der Waals surface area contributed by atoms with E-state index in [0.717, 1.165) is 32.6 Å². The first-order chi connectivity index (χ1) is 27.2. The van der Waals surface area contributed by atoms with Crippen molar-refractivity contribution in [2.75, 3.05) is 0 Å². The van der Waals surface area contributed by atoms with Crippen molar-refractivity contribution >= 4 is 48.1 Å². The number of rotatable bonds is 4. The normalized spacial score (nSPS) is 12.6. The van der Waals surface area contributed by atoms with Crippen LogP contribution in [0.2, 0.25) is 13.1 Å². The second-order valence-corrected chi connectivity index (χ2v) is 19.7. The van der Waals surface area contributed by atoms with Gasteiger partial charge in [0.05, 0.1) is 23.0 Å². The molecule has 0 saturated carbocycles. The van der Waals surface area contributed by atoms with Crippen molar-refractivity contribution in [1.82, 2.24) is 0 Å². The molecule has 0 unspecified atom stereocenters. The molecule has 2 aliphatic rings. The number of aryl methyl sites for hydroxylation is 6. The molecular weight excluding hydrogens is 823 g/mol. The minimum absolute atomic E-state index is 0.826. The second kappa shape index (κ2) is 18.3. The van der Waals surface area contributed by atoms with Gasteiger partial charge in [0.25, 0.3) is 0 Å². The van der Waals surface area contributed by atoms with Crippen molar-refractivity contribution in [3.05, 3.63) is 154 Å². The van der Waals surface area contributed by atoms with Gasteiger partial charge in [0.2, 0.25) is 0 Å². The second-order valence-electron chi connectivity index (χ2n) is 15.0. The molecule has 0 saturated heterocycles. The monoisotopic (exact) mass is 868 g/mol. The van der Waals surface area contributed by atoms with Crippen molar-refractivity contribution in [1.29, 1.82) is 0 Å². The third kappa shape index (κ3) is 8.46. The van der Waals surface area contributed by atoms with Gasteiger partial charge in [-0.15, -0.1) is 57.9 Å². The van der Waals surface area contributed by atoms with Crippen LogP contribution in [0.5, 0.6) is 0 Å². The van der Waals surface area contributed by atoms with Gasteiger partial charge in [-0.3, -0.25) is 0 Å². The summed E-state index contributed by atoms with van der Waals surface area (Å²) in [5.74, 6) is 3.97. The van der Waals surface area contributed by atoms with Crippen LogP contribution >= 0.6 is 17.0 Å². The van der Waals surface area contributed by atoms with Crippen LogP contribution < -0.4 is 0 Å². The van der Waals surface area contributed by atoms with Gasteiger partial charge in [0.15, 0.2) is 0 Å². The summed E-state index contributed by atoms with van der Waals surface area (Å²) in [6, 6.07) is 40.0. The molecule has 0 atom stereocenters. The van der Waals surface area contributed by atoms with E-state index >= 15 is 0 Å². The molecule has 8 aromatic rings. The van der Waals surface area contributed by atoms with E-state index in [2.05, 4.69) is 136 Å². The molecule has 0 aliphatic heterocycles. The number of hydrogen-bond acceptors (Lipinski definition) is 2. The molecule has 0 spiro atoms. The van der Waals surface area contributed by atoms with Crippen LogP contribution in [0.4, 0.5) is 0 Å². The Balaban J connectivity index is 0.000000151. The average molecular weight is 871 g/mol. The van der Waals surface area contributed by atoms with Crippen LogP contribution in [0.25, 0.3) is 66.4 Å². The van der Waals surface area contributed by atoms with Gasteiger partial charge < -0.3 is 8.83 Å². The third-order valence-corrected chi connectivity index (χ3v) is 11.2. The molecule has 0 bridgehead atoms. The fourth-order valence-corrected chi connectivity index (χ4v) is 8.43. The van der Waals surface area contributed by atoms with Crippen LogP contribution in [-0.4, -0.2) is 9.52 Å². The van der Waals surface area contributed by atoms with Gasteiger partial charge in [0.1, 0.15) is 0 Å². The number of fused-ring (bicyclic) bond motifs is 4. The fourth-order valence-electron chi connectivity index (χ4n) is 8.43. The molecule has 6 aromatic carbocycles. The number of halogens is 2. The predicted molar refractivity (Wildman–Crippen MR) is 238 cm³/mol. The Bertz CT molecular complexity index is 2350. The Labute approximate surface area is 353 Å². The molecule has 56 heavy (non-hydrogen) atoms. The van der Waals surface area contributed by atoms with E-state index in [9.17, 15) is 0 Å². The first-order valence-electron chi connectivity index (χ1n) is 19.5. The maximum absolute atomic E-state index is 5.98. The van der Waals surface area contributed by atoms with Crippen LogP contribution in [-0.2, 0) is 46.5 Å². The molecule has 282 valence electrons. The van der Waals surface area contributed by atoms with Crippen LogP contribution in [0.3, 0.4) is 0 Å². The minimum atomic E-state index is -0.826. The van der Waals surface area contributed by atoms with Gasteiger partial charge in [-0.1, -0.05) is 107 Å². The summed E-state index contributed by atoms with van der Waals surface area (Å²) in [7, 11) is 11.0. The molecule has 0 N–H and O–H groups in total. The SMILES string of the molecule is C[Si]C.Cc1cc(-c2cc3c(-c4ccccc4)c4c(cc3[cH-]2)CCC4)oc1C.Cc1cc(-c2cc3c(-c4ccccc4)c4c(cc3[cH-]2)CCC4)oc1C.[Cl][Zr+2][Cl]. The van der Waals surface area contributed by atoms with Crippen LogP contribution in [0.15, 0.2) is 118 Å². The fraction of sp³-hybridized carbons (Fsp3) is 0.240. The first kappa shape index (κ1) is 40.5. The summed E-state index contributed by atoms with van der Waals surface area (Å²) in [6.45, 7) is 12.6. The average Bonchev–Trinajstić information content (AvgIpc) is 4.07. The van der Waals surface area contributed by atoms with Crippen molar-refractivity contribution in [3.63, 3.8) is 0 Å². The van der Waals surface area contributed by atoms with E-state index in [0.29, 0.717) is 0 Å². The molecule has 2 radical (unpaired) electrons. The number of furan rings is 2. The summed E-state index contributed by atoms with van der Waals surface area (Å²) < 4.78 is 12.0. The van der Waals surface area contributed by atoms with Crippen molar-refractivity contribution in [3.8, 4) is 44.9 Å². The molecule has 2 nitrogen and oxygen atoms in total. The first-order valence-corrected chi connectivity index (χ1v) is 27.9. The third-order valence-electron chi connectivity index (χ3n) is 11.2. The van der Waals surface area contributed by atoms with Gasteiger partial charge in [-0.25, -0.2) is 0 Å². The zero-order chi connectivity index (χ0) is 39.3. The summed E-state index contributed by atoms with van der Waals surface area (Å²) in [6.07, 6.45) is 7.32. The molecule has 2 aliphatic carbocycles. The zero-order valence-electron chi connectivity index (χ0n) is 33.2. The van der Waals surface area contributed by atoms with Crippen LogP contribution in [0, 0.1) is 27.7 Å². The molecule has 0 amide bonds. The quantitative estimate of drug-likeness (QED) is 0.130. The van der Waals surface area contributed by atoms with Gasteiger partial charge >= 0.3 is 37.9 Å². The Morgan fingerprint density at radius 2 is 0.929 bits per heavy atom. The molecule has 6 heteroatoms. The zero-order valence-corrected chi connectivity index (χ0v) is 38.2. The van der Waals surface area contributed by atoms with E-state index in [1.54, 1.807) is 11.1 Å².